The van der Waals surface area contributed by atoms with Crippen LogP contribution in [0.15, 0.2) is 18.2 Å². The molecule has 0 fully saturated rings. The van der Waals surface area contributed by atoms with Crippen molar-refractivity contribution >= 4 is 0 Å². The topological polar surface area (TPSA) is 0 Å². The third-order valence-corrected chi connectivity index (χ3v) is 4.59. The molecule has 0 saturated carbocycles. The van der Waals surface area contributed by atoms with Crippen molar-refractivity contribution in [3.63, 3.8) is 0 Å². The average Bonchev–Trinajstić information content (AvgIpc) is 2.27. The molecule has 17 heavy (non-hydrogen) atoms. The van der Waals surface area contributed by atoms with Gasteiger partial charge < -0.3 is 0 Å². The molecule has 0 heterocycles. The third-order valence-electron chi connectivity index (χ3n) is 4.59. The predicted octanol–water partition coefficient (Wildman–Crippen LogP) is 4.28. The van der Waals surface area contributed by atoms with Crippen LogP contribution in [0.25, 0.3) is 0 Å². The third kappa shape index (κ3) is 2.00. The Morgan fingerprint density at radius 3 is 2.71 bits per heavy atom. The van der Waals surface area contributed by atoms with Crippen LogP contribution in [0.3, 0.4) is 0 Å². The SMILES string of the molecule is C#CCc1ccc2c(c1)C(C)CC(C)C2(C)C. The van der Waals surface area contributed by atoms with Crippen LogP contribution in [0, 0.1) is 18.3 Å². The molecule has 0 aromatic heterocycles. The fraction of sp³-hybridized carbons (Fsp3) is 0.529. The van der Waals surface area contributed by atoms with Crippen LogP contribution in [-0.4, -0.2) is 0 Å². The molecule has 1 aliphatic carbocycles. The molecule has 2 unspecified atom stereocenters. The van der Waals surface area contributed by atoms with Crippen LogP contribution in [-0.2, 0) is 11.8 Å². The fourth-order valence-electron chi connectivity index (χ4n) is 3.05. The molecule has 1 aromatic rings. The smallest absolute Gasteiger partial charge is 0.0337 e. The predicted molar refractivity (Wildman–Crippen MR) is 74.2 cm³/mol. The van der Waals surface area contributed by atoms with Gasteiger partial charge in [-0.25, -0.2) is 0 Å². The first-order chi connectivity index (χ1) is 7.96. The van der Waals surface area contributed by atoms with E-state index < -0.39 is 0 Å². The van der Waals surface area contributed by atoms with E-state index in [4.69, 9.17) is 6.42 Å². The zero-order chi connectivity index (χ0) is 12.6. The van der Waals surface area contributed by atoms with Gasteiger partial charge in [0.25, 0.3) is 0 Å². The summed E-state index contributed by atoms with van der Waals surface area (Å²) < 4.78 is 0. The lowest BCUT2D eigenvalue weighted by molar-refractivity contribution is 0.281. The van der Waals surface area contributed by atoms with E-state index in [1.54, 1.807) is 0 Å². The summed E-state index contributed by atoms with van der Waals surface area (Å²) in [7, 11) is 0. The monoisotopic (exact) mass is 226 g/mol. The Morgan fingerprint density at radius 1 is 1.35 bits per heavy atom. The number of hydrogen-bond acceptors (Lipinski definition) is 0. The van der Waals surface area contributed by atoms with Gasteiger partial charge in [-0.3, -0.25) is 0 Å². The zero-order valence-corrected chi connectivity index (χ0v) is 11.4. The van der Waals surface area contributed by atoms with E-state index in [0.29, 0.717) is 5.92 Å². The molecular weight excluding hydrogens is 204 g/mol. The summed E-state index contributed by atoms with van der Waals surface area (Å²) in [5.74, 6) is 4.13. The van der Waals surface area contributed by atoms with E-state index in [0.717, 1.165) is 12.3 Å². The van der Waals surface area contributed by atoms with Crippen molar-refractivity contribution in [1.29, 1.82) is 0 Å². The molecular formula is C17H22. The van der Waals surface area contributed by atoms with Gasteiger partial charge in [-0.1, -0.05) is 45.9 Å². The number of hydrogen-bond donors (Lipinski definition) is 0. The van der Waals surface area contributed by atoms with Crippen molar-refractivity contribution in [3.8, 4) is 12.3 Å². The van der Waals surface area contributed by atoms with Gasteiger partial charge in [0, 0.05) is 6.42 Å². The lowest BCUT2D eigenvalue weighted by atomic mass is 9.63. The first kappa shape index (κ1) is 12.2. The minimum absolute atomic E-state index is 0.288. The van der Waals surface area contributed by atoms with Gasteiger partial charge in [0.2, 0.25) is 0 Å². The van der Waals surface area contributed by atoms with Crippen LogP contribution >= 0.6 is 0 Å². The normalized spacial score (nSPS) is 26.1. The van der Waals surface area contributed by atoms with Crippen LogP contribution in [0.2, 0.25) is 0 Å². The molecule has 1 aromatic carbocycles. The van der Waals surface area contributed by atoms with Gasteiger partial charge in [0.05, 0.1) is 0 Å². The lowest BCUT2D eigenvalue weighted by Crippen LogP contribution is -2.33. The number of benzene rings is 1. The molecule has 1 aliphatic rings. The average molecular weight is 226 g/mol. The number of terminal acetylenes is 1. The maximum atomic E-state index is 5.40. The van der Waals surface area contributed by atoms with Crippen LogP contribution < -0.4 is 0 Å². The van der Waals surface area contributed by atoms with Crippen LogP contribution in [0.5, 0.6) is 0 Å². The summed E-state index contributed by atoms with van der Waals surface area (Å²) in [6.07, 6.45) is 7.42. The van der Waals surface area contributed by atoms with Crippen molar-refractivity contribution in [2.75, 3.05) is 0 Å². The second-order valence-electron chi connectivity index (χ2n) is 6.06. The lowest BCUT2D eigenvalue weighted by Gasteiger charge is -2.41. The van der Waals surface area contributed by atoms with Gasteiger partial charge in [-0.2, -0.15) is 0 Å². The molecule has 90 valence electrons. The Balaban J connectivity index is 2.51. The molecule has 0 aliphatic heterocycles. The largest absolute Gasteiger partial charge is 0.120 e. The van der Waals surface area contributed by atoms with Gasteiger partial charge >= 0.3 is 0 Å². The molecule has 0 nitrogen and oxygen atoms in total. The molecule has 0 amide bonds. The second kappa shape index (κ2) is 4.22. The van der Waals surface area contributed by atoms with Gasteiger partial charge in [-0.15, -0.1) is 12.3 Å². The molecule has 0 N–H and O–H groups in total. The van der Waals surface area contributed by atoms with E-state index >= 15 is 0 Å². The summed E-state index contributed by atoms with van der Waals surface area (Å²) in [4.78, 5) is 0. The van der Waals surface area contributed by atoms with E-state index in [1.807, 2.05) is 0 Å². The Labute approximate surface area is 105 Å². The fourth-order valence-corrected chi connectivity index (χ4v) is 3.05. The van der Waals surface area contributed by atoms with Crippen molar-refractivity contribution < 1.29 is 0 Å². The van der Waals surface area contributed by atoms with Crippen molar-refractivity contribution in [2.45, 2.75) is 51.9 Å². The Hall–Kier alpha value is -1.22. The van der Waals surface area contributed by atoms with Crippen molar-refractivity contribution in [2.24, 2.45) is 5.92 Å². The van der Waals surface area contributed by atoms with E-state index in [9.17, 15) is 0 Å². The summed E-state index contributed by atoms with van der Waals surface area (Å²) >= 11 is 0. The minimum atomic E-state index is 0.288. The van der Waals surface area contributed by atoms with Crippen LogP contribution in [0.4, 0.5) is 0 Å². The van der Waals surface area contributed by atoms with Gasteiger partial charge in [0.1, 0.15) is 0 Å². The minimum Gasteiger partial charge on any atom is -0.120 e. The molecule has 0 spiro atoms. The first-order valence-electron chi connectivity index (χ1n) is 6.53. The first-order valence-corrected chi connectivity index (χ1v) is 6.53. The maximum Gasteiger partial charge on any atom is 0.0337 e. The van der Waals surface area contributed by atoms with Crippen molar-refractivity contribution in [1.82, 2.24) is 0 Å². The summed E-state index contributed by atoms with van der Waals surface area (Å²) in [6.45, 7) is 9.44. The van der Waals surface area contributed by atoms with E-state index in [1.165, 1.54) is 23.1 Å². The molecule has 0 heteroatoms. The van der Waals surface area contributed by atoms with E-state index in [-0.39, 0.29) is 5.41 Å². The maximum absolute atomic E-state index is 5.40. The van der Waals surface area contributed by atoms with Gasteiger partial charge in [0.15, 0.2) is 0 Å². The standard InChI is InChI=1S/C17H22/c1-6-7-14-8-9-16-15(11-14)12(2)10-13(3)17(16,4)5/h1,8-9,11-13H,7,10H2,2-5H3. The highest BCUT2D eigenvalue weighted by Gasteiger charge is 2.36. The molecule has 2 atom stereocenters. The number of rotatable bonds is 1. The highest BCUT2D eigenvalue weighted by Crippen LogP contribution is 2.46. The highest BCUT2D eigenvalue weighted by molar-refractivity contribution is 5.42. The zero-order valence-electron chi connectivity index (χ0n) is 11.4. The quantitative estimate of drug-likeness (QED) is 0.627. The second-order valence-corrected chi connectivity index (χ2v) is 6.06. The Morgan fingerprint density at radius 2 is 2.06 bits per heavy atom. The number of fused-ring (bicyclic) bond motifs is 1. The summed E-state index contributed by atoms with van der Waals surface area (Å²) in [5, 5.41) is 0. The Kier molecular flexibility index (Phi) is 3.04. The molecule has 2 rings (SSSR count). The molecule has 0 bridgehead atoms. The molecule has 0 radical (unpaired) electrons. The van der Waals surface area contributed by atoms with E-state index in [2.05, 4.69) is 51.8 Å². The van der Waals surface area contributed by atoms with Crippen LogP contribution in [0.1, 0.15) is 56.7 Å². The summed E-state index contributed by atoms with van der Waals surface area (Å²) in [5.41, 5.74) is 4.60. The highest BCUT2D eigenvalue weighted by atomic mass is 14.4. The summed E-state index contributed by atoms with van der Waals surface area (Å²) in [6, 6.07) is 6.83. The van der Waals surface area contributed by atoms with Crippen molar-refractivity contribution in [3.05, 3.63) is 34.9 Å². The van der Waals surface area contributed by atoms with Gasteiger partial charge in [-0.05, 0) is 40.4 Å². The molecule has 0 saturated heterocycles. The Bertz CT molecular complexity index is 459.